The molecule has 170 valence electrons. The fourth-order valence-electron chi connectivity index (χ4n) is 3.93. The number of hydrogen-bond acceptors (Lipinski definition) is 4. The number of alkyl carbamates (subject to hydrolysis) is 1. The standard InChI is InChI=1S/C25H30N2O5/c1-15(2)12-13-22(23(28)26-16(3)24(29)30)27-25(31)32-14-21-19-10-6-4-8-17(19)18-9-5-7-11-20(18)21/h4-11,15-16,21-22H,12-14H2,1-3H3,(H,26,28)(H,27,31)(H,29,30). The second kappa shape index (κ2) is 10.3. The van der Waals surface area contributed by atoms with Crippen molar-refractivity contribution in [2.75, 3.05) is 6.61 Å². The molecular formula is C25H30N2O5. The van der Waals surface area contributed by atoms with Gasteiger partial charge in [-0.2, -0.15) is 0 Å². The van der Waals surface area contributed by atoms with Gasteiger partial charge in [-0.15, -0.1) is 0 Å². The van der Waals surface area contributed by atoms with Gasteiger partial charge in [-0.1, -0.05) is 62.4 Å². The number of benzene rings is 2. The molecule has 2 unspecified atom stereocenters. The van der Waals surface area contributed by atoms with Gasteiger partial charge in [0.15, 0.2) is 0 Å². The summed E-state index contributed by atoms with van der Waals surface area (Å²) in [7, 11) is 0. The van der Waals surface area contributed by atoms with Crippen molar-refractivity contribution < 1.29 is 24.2 Å². The number of fused-ring (bicyclic) bond motifs is 3. The van der Waals surface area contributed by atoms with Crippen LogP contribution in [0.5, 0.6) is 0 Å². The lowest BCUT2D eigenvalue weighted by atomic mass is 9.98. The summed E-state index contributed by atoms with van der Waals surface area (Å²) in [6.07, 6.45) is 0.391. The molecule has 7 nitrogen and oxygen atoms in total. The fourth-order valence-corrected chi connectivity index (χ4v) is 3.93. The Balaban J connectivity index is 1.66. The monoisotopic (exact) mass is 438 g/mol. The van der Waals surface area contributed by atoms with Crippen LogP contribution < -0.4 is 10.6 Å². The van der Waals surface area contributed by atoms with E-state index < -0.39 is 30.1 Å². The molecule has 0 saturated heterocycles. The van der Waals surface area contributed by atoms with Gasteiger partial charge < -0.3 is 20.5 Å². The van der Waals surface area contributed by atoms with Crippen LogP contribution in [-0.4, -0.2) is 41.8 Å². The molecule has 3 rings (SSSR count). The maximum atomic E-state index is 12.6. The second-order valence-electron chi connectivity index (χ2n) is 8.56. The Bertz CT molecular complexity index is 942. The lowest BCUT2D eigenvalue weighted by Crippen LogP contribution is -2.51. The van der Waals surface area contributed by atoms with Crippen molar-refractivity contribution >= 4 is 18.0 Å². The molecule has 1 aliphatic carbocycles. The van der Waals surface area contributed by atoms with E-state index in [1.54, 1.807) is 0 Å². The van der Waals surface area contributed by atoms with Crippen molar-refractivity contribution in [3.63, 3.8) is 0 Å². The highest BCUT2D eigenvalue weighted by Crippen LogP contribution is 2.44. The first-order chi connectivity index (χ1) is 15.3. The van der Waals surface area contributed by atoms with E-state index in [9.17, 15) is 14.4 Å². The minimum atomic E-state index is -1.14. The van der Waals surface area contributed by atoms with Gasteiger partial charge in [0.05, 0.1) is 0 Å². The Morgan fingerprint density at radius 1 is 0.906 bits per heavy atom. The van der Waals surface area contributed by atoms with Gasteiger partial charge >= 0.3 is 12.1 Å². The largest absolute Gasteiger partial charge is 0.480 e. The van der Waals surface area contributed by atoms with Crippen LogP contribution in [0.25, 0.3) is 11.1 Å². The maximum Gasteiger partial charge on any atom is 0.407 e. The molecule has 0 aliphatic heterocycles. The Morgan fingerprint density at radius 3 is 2.00 bits per heavy atom. The van der Waals surface area contributed by atoms with Crippen molar-refractivity contribution in [2.24, 2.45) is 5.92 Å². The number of hydrogen-bond donors (Lipinski definition) is 3. The van der Waals surface area contributed by atoms with Crippen molar-refractivity contribution in [3.05, 3.63) is 59.7 Å². The minimum absolute atomic E-state index is 0.0804. The molecule has 2 atom stereocenters. The Morgan fingerprint density at radius 2 is 1.47 bits per heavy atom. The average Bonchev–Trinajstić information content (AvgIpc) is 3.08. The van der Waals surface area contributed by atoms with Crippen LogP contribution >= 0.6 is 0 Å². The molecule has 0 saturated carbocycles. The number of rotatable bonds is 9. The van der Waals surface area contributed by atoms with Gasteiger partial charge in [0, 0.05) is 5.92 Å². The third kappa shape index (κ3) is 5.46. The Kier molecular flexibility index (Phi) is 7.51. The van der Waals surface area contributed by atoms with Crippen molar-refractivity contribution in [3.8, 4) is 11.1 Å². The van der Waals surface area contributed by atoms with E-state index in [-0.39, 0.29) is 12.5 Å². The lowest BCUT2D eigenvalue weighted by molar-refractivity contribution is -0.141. The molecule has 0 bridgehead atoms. The lowest BCUT2D eigenvalue weighted by Gasteiger charge is -2.21. The maximum absolute atomic E-state index is 12.6. The number of amides is 2. The fraction of sp³-hybridized carbons (Fsp3) is 0.400. The number of ether oxygens (including phenoxy) is 1. The van der Waals surface area contributed by atoms with Crippen LogP contribution in [0, 0.1) is 5.92 Å². The first-order valence-corrected chi connectivity index (χ1v) is 10.9. The molecule has 1 aliphatic rings. The molecule has 2 aromatic rings. The first kappa shape index (κ1) is 23.3. The summed E-state index contributed by atoms with van der Waals surface area (Å²) in [5, 5.41) is 14.1. The number of carboxylic acids is 1. The summed E-state index contributed by atoms with van der Waals surface area (Å²) in [5.74, 6) is -1.43. The zero-order valence-electron chi connectivity index (χ0n) is 18.6. The quantitative estimate of drug-likeness (QED) is 0.550. The van der Waals surface area contributed by atoms with E-state index in [1.807, 2.05) is 50.2 Å². The molecule has 7 heteroatoms. The summed E-state index contributed by atoms with van der Waals surface area (Å²) in [4.78, 5) is 36.2. The molecule has 32 heavy (non-hydrogen) atoms. The molecule has 0 fully saturated rings. The van der Waals surface area contributed by atoms with Crippen LogP contribution in [0.4, 0.5) is 4.79 Å². The molecule has 0 heterocycles. The van der Waals surface area contributed by atoms with Gasteiger partial charge in [0.2, 0.25) is 5.91 Å². The molecule has 0 radical (unpaired) electrons. The molecule has 2 aromatic carbocycles. The first-order valence-electron chi connectivity index (χ1n) is 10.9. The molecule has 3 N–H and O–H groups in total. The zero-order chi connectivity index (χ0) is 23.3. The second-order valence-corrected chi connectivity index (χ2v) is 8.56. The van der Waals surface area contributed by atoms with Crippen LogP contribution in [0.1, 0.15) is 50.7 Å². The number of carboxylic acid groups (broad SMARTS) is 1. The van der Waals surface area contributed by atoms with Crippen molar-refractivity contribution in [1.82, 2.24) is 10.6 Å². The summed E-state index contributed by atoms with van der Waals surface area (Å²) in [6.45, 7) is 5.56. The van der Waals surface area contributed by atoms with Crippen LogP contribution in [0.15, 0.2) is 48.5 Å². The van der Waals surface area contributed by atoms with Crippen molar-refractivity contribution in [2.45, 2.75) is 51.6 Å². The number of nitrogens with one attached hydrogen (secondary N) is 2. The van der Waals surface area contributed by atoms with Crippen LogP contribution in [0.2, 0.25) is 0 Å². The highest BCUT2D eigenvalue weighted by molar-refractivity contribution is 5.89. The summed E-state index contributed by atoms with van der Waals surface area (Å²) >= 11 is 0. The minimum Gasteiger partial charge on any atom is -0.480 e. The molecule has 2 amide bonds. The number of aliphatic carboxylic acids is 1. The van der Waals surface area contributed by atoms with Gasteiger partial charge in [-0.25, -0.2) is 4.79 Å². The third-order valence-corrected chi connectivity index (χ3v) is 5.71. The van der Waals surface area contributed by atoms with Gasteiger partial charge in [-0.05, 0) is 47.9 Å². The number of carbonyl (C=O) groups excluding carboxylic acids is 2. The van der Waals surface area contributed by atoms with E-state index in [1.165, 1.54) is 6.92 Å². The normalized spacial score (nSPS) is 14.2. The number of carbonyl (C=O) groups is 3. The van der Waals surface area contributed by atoms with Crippen molar-refractivity contribution in [1.29, 1.82) is 0 Å². The van der Waals surface area contributed by atoms with E-state index in [0.717, 1.165) is 22.3 Å². The predicted molar refractivity (Wildman–Crippen MR) is 121 cm³/mol. The van der Waals surface area contributed by atoms with Gasteiger partial charge in [0.1, 0.15) is 18.7 Å². The smallest absolute Gasteiger partial charge is 0.407 e. The topological polar surface area (TPSA) is 105 Å². The highest BCUT2D eigenvalue weighted by Gasteiger charge is 2.30. The third-order valence-electron chi connectivity index (χ3n) is 5.71. The average molecular weight is 439 g/mol. The van der Waals surface area contributed by atoms with Crippen LogP contribution in [0.3, 0.4) is 0 Å². The van der Waals surface area contributed by atoms with Gasteiger partial charge in [0.25, 0.3) is 0 Å². The van der Waals surface area contributed by atoms with E-state index >= 15 is 0 Å². The summed E-state index contributed by atoms with van der Waals surface area (Å²) in [5.41, 5.74) is 4.47. The Labute approximate surface area is 188 Å². The van der Waals surface area contributed by atoms with E-state index in [2.05, 4.69) is 22.8 Å². The van der Waals surface area contributed by atoms with Crippen LogP contribution in [-0.2, 0) is 14.3 Å². The highest BCUT2D eigenvalue weighted by atomic mass is 16.5. The summed E-state index contributed by atoms with van der Waals surface area (Å²) in [6, 6.07) is 14.2. The van der Waals surface area contributed by atoms with E-state index in [4.69, 9.17) is 9.84 Å². The Hall–Kier alpha value is -3.35. The molecule has 0 spiro atoms. The SMILES string of the molecule is CC(C)CCC(NC(=O)OCC1c2ccccc2-c2ccccc21)C(=O)NC(C)C(=O)O. The molecule has 0 aromatic heterocycles. The van der Waals surface area contributed by atoms with E-state index in [0.29, 0.717) is 18.8 Å². The summed E-state index contributed by atoms with van der Waals surface area (Å²) < 4.78 is 5.53. The molecular weight excluding hydrogens is 408 g/mol. The zero-order valence-corrected chi connectivity index (χ0v) is 18.6. The predicted octanol–water partition coefficient (Wildman–Crippen LogP) is 3.92. The van der Waals surface area contributed by atoms with Gasteiger partial charge in [-0.3, -0.25) is 9.59 Å².